The van der Waals surface area contributed by atoms with Crippen LogP contribution in [0.2, 0.25) is 0 Å². The molecule has 2 rings (SSSR count). The maximum atomic E-state index is 10.7. The fraction of sp³-hybridized carbons (Fsp3) is 0.500. The summed E-state index contributed by atoms with van der Waals surface area (Å²) in [5.41, 5.74) is 0.511. The molecule has 0 radical (unpaired) electrons. The van der Waals surface area contributed by atoms with Crippen LogP contribution in [0, 0.1) is 11.3 Å². The Hall–Kier alpha value is -1.58. The van der Waals surface area contributed by atoms with E-state index in [1.54, 1.807) is 12.1 Å². The molecule has 4 nitrogen and oxygen atoms in total. The molecule has 1 aromatic rings. The Morgan fingerprint density at radius 2 is 2.31 bits per heavy atom. The Bertz CT molecular complexity index is 415. The van der Waals surface area contributed by atoms with Crippen molar-refractivity contribution in [2.45, 2.75) is 20.3 Å². The molecule has 1 fully saturated rings. The van der Waals surface area contributed by atoms with Gasteiger partial charge in [0.25, 0.3) is 0 Å². The first kappa shape index (κ1) is 10.9. The van der Waals surface area contributed by atoms with E-state index in [2.05, 4.69) is 24.1 Å². The Morgan fingerprint density at radius 3 is 2.88 bits per heavy atom. The summed E-state index contributed by atoms with van der Waals surface area (Å²) in [7, 11) is 0. The van der Waals surface area contributed by atoms with Crippen LogP contribution in [0.25, 0.3) is 0 Å². The first-order chi connectivity index (χ1) is 7.49. The van der Waals surface area contributed by atoms with Crippen molar-refractivity contribution in [3.8, 4) is 0 Å². The second-order valence-corrected chi connectivity index (χ2v) is 4.98. The van der Waals surface area contributed by atoms with E-state index in [0.29, 0.717) is 17.2 Å². The first-order valence-corrected chi connectivity index (χ1v) is 5.43. The molecule has 1 unspecified atom stereocenters. The molecule has 1 aliphatic rings. The lowest BCUT2D eigenvalue weighted by atomic mass is 10.1. The molecule has 0 bridgehead atoms. The van der Waals surface area contributed by atoms with E-state index in [0.717, 1.165) is 6.54 Å². The fourth-order valence-corrected chi connectivity index (χ4v) is 1.80. The first-order valence-electron chi connectivity index (χ1n) is 5.43. The summed E-state index contributed by atoms with van der Waals surface area (Å²) in [5.74, 6) is 0.320. The number of hydrogen-bond donors (Lipinski definition) is 2. The van der Waals surface area contributed by atoms with Crippen LogP contribution in [0.4, 0.5) is 5.82 Å². The van der Waals surface area contributed by atoms with E-state index in [4.69, 9.17) is 5.11 Å². The second kappa shape index (κ2) is 3.77. The van der Waals surface area contributed by atoms with E-state index < -0.39 is 5.97 Å². The molecule has 0 amide bonds. The fourth-order valence-electron chi connectivity index (χ4n) is 1.80. The quantitative estimate of drug-likeness (QED) is 0.816. The lowest BCUT2D eigenvalue weighted by Gasteiger charge is -2.07. The molecule has 1 atom stereocenters. The predicted octanol–water partition coefficient (Wildman–Crippen LogP) is 2.24. The highest BCUT2D eigenvalue weighted by molar-refractivity contribution is 5.85. The molecule has 86 valence electrons. The van der Waals surface area contributed by atoms with Gasteiger partial charge in [-0.25, -0.2) is 9.78 Å². The lowest BCUT2D eigenvalue weighted by molar-refractivity contribution is 0.0690. The molecule has 0 saturated heterocycles. The maximum absolute atomic E-state index is 10.7. The summed E-state index contributed by atoms with van der Waals surface area (Å²) >= 11 is 0. The maximum Gasteiger partial charge on any atom is 0.354 e. The number of rotatable bonds is 4. The Labute approximate surface area is 94.7 Å². The van der Waals surface area contributed by atoms with Gasteiger partial charge in [-0.1, -0.05) is 19.9 Å². The van der Waals surface area contributed by atoms with Gasteiger partial charge in [-0.05, 0) is 29.9 Å². The van der Waals surface area contributed by atoms with Crippen molar-refractivity contribution < 1.29 is 9.90 Å². The largest absolute Gasteiger partial charge is 0.477 e. The van der Waals surface area contributed by atoms with Gasteiger partial charge in [0.15, 0.2) is 5.69 Å². The third-order valence-corrected chi connectivity index (χ3v) is 3.22. The normalized spacial score (nSPS) is 21.5. The summed E-state index contributed by atoms with van der Waals surface area (Å²) in [6, 6.07) is 4.99. The van der Waals surface area contributed by atoms with Gasteiger partial charge in [0.2, 0.25) is 0 Å². The molecular formula is C12H16N2O2. The van der Waals surface area contributed by atoms with Crippen LogP contribution in [0.1, 0.15) is 30.8 Å². The minimum Gasteiger partial charge on any atom is -0.477 e. The molecule has 1 saturated carbocycles. The standard InChI is InChI=1S/C12H16N2O2/c1-12(2)6-8(12)7-13-10-5-3-4-9(14-10)11(15)16/h3-5,8H,6-7H2,1-2H3,(H,13,14)(H,15,16). The Balaban J connectivity index is 1.95. The average Bonchev–Trinajstić information content (AvgIpc) is 2.84. The van der Waals surface area contributed by atoms with Crippen LogP contribution in [0.3, 0.4) is 0 Å². The summed E-state index contributed by atoms with van der Waals surface area (Å²) < 4.78 is 0. The van der Waals surface area contributed by atoms with Gasteiger partial charge >= 0.3 is 5.97 Å². The van der Waals surface area contributed by atoms with E-state index in [-0.39, 0.29) is 5.69 Å². The minimum atomic E-state index is -0.990. The molecule has 16 heavy (non-hydrogen) atoms. The highest BCUT2D eigenvalue weighted by Gasteiger charge is 2.44. The van der Waals surface area contributed by atoms with Crippen LogP contribution in [0.15, 0.2) is 18.2 Å². The van der Waals surface area contributed by atoms with E-state index in [1.165, 1.54) is 12.5 Å². The van der Waals surface area contributed by atoms with E-state index >= 15 is 0 Å². The summed E-state index contributed by atoms with van der Waals surface area (Å²) in [6.45, 7) is 5.34. The molecule has 2 N–H and O–H groups in total. The Kier molecular flexibility index (Phi) is 2.58. The molecule has 1 aliphatic carbocycles. The van der Waals surface area contributed by atoms with Crippen molar-refractivity contribution >= 4 is 11.8 Å². The van der Waals surface area contributed by atoms with Gasteiger partial charge in [-0.2, -0.15) is 0 Å². The number of carboxylic acids is 1. The lowest BCUT2D eigenvalue weighted by Crippen LogP contribution is -2.10. The number of carboxylic acid groups (broad SMARTS) is 1. The molecule has 1 aromatic heterocycles. The molecule has 1 heterocycles. The van der Waals surface area contributed by atoms with Crippen molar-refractivity contribution in [1.29, 1.82) is 0 Å². The van der Waals surface area contributed by atoms with E-state index in [9.17, 15) is 4.79 Å². The van der Waals surface area contributed by atoms with Crippen LogP contribution in [-0.4, -0.2) is 22.6 Å². The van der Waals surface area contributed by atoms with Crippen LogP contribution in [-0.2, 0) is 0 Å². The zero-order chi connectivity index (χ0) is 11.8. The topological polar surface area (TPSA) is 62.2 Å². The number of nitrogens with zero attached hydrogens (tertiary/aromatic N) is 1. The van der Waals surface area contributed by atoms with Crippen LogP contribution >= 0.6 is 0 Å². The summed E-state index contributed by atoms with van der Waals surface area (Å²) in [4.78, 5) is 14.7. The average molecular weight is 220 g/mol. The summed E-state index contributed by atoms with van der Waals surface area (Å²) in [5, 5.41) is 12.0. The second-order valence-electron chi connectivity index (χ2n) is 4.98. The molecular weight excluding hydrogens is 204 g/mol. The molecule has 0 aliphatic heterocycles. The van der Waals surface area contributed by atoms with Crippen LogP contribution in [0.5, 0.6) is 0 Å². The molecule has 0 aromatic carbocycles. The highest BCUT2D eigenvalue weighted by Crippen LogP contribution is 2.51. The zero-order valence-electron chi connectivity index (χ0n) is 9.53. The van der Waals surface area contributed by atoms with Gasteiger partial charge in [0, 0.05) is 6.54 Å². The van der Waals surface area contributed by atoms with Crippen molar-refractivity contribution in [2.24, 2.45) is 11.3 Å². The predicted molar refractivity (Wildman–Crippen MR) is 61.6 cm³/mol. The SMILES string of the molecule is CC1(C)CC1CNc1cccc(C(=O)O)n1. The minimum absolute atomic E-state index is 0.0834. The van der Waals surface area contributed by atoms with Gasteiger partial charge < -0.3 is 10.4 Å². The third-order valence-electron chi connectivity index (χ3n) is 3.22. The Morgan fingerprint density at radius 1 is 1.62 bits per heavy atom. The van der Waals surface area contributed by atoms with Gasteiger partial charge in [0.05, 0.1) is 0 Å². The zero-order valence-corrected chi connectivity index (χ0v) is 9.53. The smallest absolute Gasteiger partial charge is 0.354 e. The van der Waals surface area contributed by atoms with Gasteiger partial charge in [-0.3, -0.25) is 0 Å². The van der Waals surface area contributed by atoms with Gasteiger partial charge in [0.1, 0.15) is 5.82 Å². The number of anilines is 1. The number of aromatic nitrogens is 1. The van der Waals surface area contributed by atoms with Gasteiger partial charge in [-0.15, -0.1) is 0 Å². The number of nitrogens with one attached hydrogen (secondary N) is 1. The monoisotopic (exact) mass is 220 g/mol. The molecule has 4 heteroatoms. The van der Waals surface area contributed by atoms with Crippen molar-refractivity contribution in [3.05, 3.63) is 23.9 Å². The van der Waals surface area contributed by atoms with E-state index in [1.807, 2.05) is 0 Å². The number of aromatic carboxylic acids is 1. The number of pyridine rings is 1. The highest BCUT2D eigenvalue weighted by atomic mass is 16.4. The van der Waals surface area contributed by atoms with Crippen LogP contribution < -0.4 is 5.32 Å². The van der Waals surface area contributed by atoms with Crippen molar-refractivity contribution in [1.82, 2.24) is 4.98 Å². The van der Waals surface area contributed by atoms with Crippen molar-refractivity contribution in [3.63, 3.8) is 0 Å². The number of carbonyl (C=O) groups is 1. The molecule has 0 spiro atoms. The number of hydrogen-bond acceptors (Lipinski definition) is 3. The summed E-state index contributed by atoms with van der Waals surface area (Å²) in [6.07, 6.45) is 1.22. The van der Waals surface area contributed by atoms with Crippen molar-refractivity contribution in [2.75, 3.05) is 11.9 Å². The third kappa shape index (κ3) is 2.32.